The van der Waals surface area contributed by atoms with Gasteiger partial charge in [0.2, 0.25) is 5.91 Å². The maximum absolute atomic E-state index is 12.7. The van der Waals surface area contributed by atoms with E-state index in [-0.39, 0.29) is 5.91 Å². The Hall–Kier alpha value is -2.50. The van der Waals surface area contributed by atoms with E-state index >= 15 is 0 Å². The van der Waals surface area contributed by atoms with Crippen molar-refractivity contribution >= 4 is 5.91 Å². The van der Waals surface area contributed by atoms with Crippen molar-refractivity contribution in [1.29, 1.82) is 0 Å². The summed E-state index contributed by atoms with van der Waals surface area (Å²) >= 11 is 0. The van der Waals surface area contributed by atoms with Gasteiger partial charge >= 0.3 is 6.18 Å². The molecule has 1 unspecified atom stereocenters. The molecule has 3 rings (SSSR count). The van der Waals surface area contributed by atoms with Crippen molar-refractivity contribution in [3.8, 4) is 5.75 Å². The Morgan fingerprint density at radius 1 is 1.15 bits per heavy atom. The molecule has 138 valence electrons. The fourth-order valence-corrected chi connectivity index (χ4v) is 3.16. The van der Waals surface area contributed by atoms with Crippen LogP contribution in [-0.2, 0) is 17.4 Å². The molecule has 0 bridgehead atoms. The van der Waals surface area contributed by atoms with Crippen LogP contribution in [0.25, 0.3) is 0 Å². The molecule has 1 amide bonds. The number of ether oxygens (including phenoxy) is 1. The fraction of sp³-hybridized carbons (Fsp3) is 0.350. The lowest BCUT2D eigenvalue weighted by Gasteiger charge is -2.25. The Bertz CT molecular complexity index is 771. The molecular formula is C20H20F3NO2. The average Bonchev–Trinajstić information content (AvgIpc) is 2.81. The van der Waals surface area contributed by atoms with Gasteiger partial charge in [0.25, 0.3) is 0 Å². The van der Waals surface area contributed by atoms with E-state index in [0.29, 0.717) is 25.3 Å². The van der Waals surface area contributed by atoms with E-state index in [0.717, 1.165) is 29.7 Å². The van der Waals surface area contributed by atoms with Gasteiger partial charge in [-0.3, -0.25) is 4.79 Å². The van der Waals surface area contributed by atoms with Crippen LogP contribution in [0.2, 0.25) is 0 Å². The summed E-state index contributed by atoms with van der Waals surface area (Å²) in [6.45, 7) is 2.80. The second-order valence-corrected chi connectivity index (χ2v) is 6.27. The van der Waals surface area contributed by atoms with Crippen LogP contribution in [0.15, 0.2) is 48.5 Å². The lowest BCUT2D eigenvalue weighted by molar-refractivity contribution is -0.137. The van der Waals surface area contributed by atoms with Crippen molar-refractivity contribution < 1.29 is 22.7 Å². The van der Waals surface area contributed by atoms with Gasteiger partial charge in [0.05, 0.1) is 12.1 Å². The van der Waals surface area contributed by atoms with Crippen LogP contribution in [0.1, 0.15) is 36.1 Å². The SMILES string of the molecule is CCC(=O)N1CCc2ccccc2C(Oc2ccc(C(F)(F)F)cc2)C1. The first-order chi connectivity index (χ1) is 12.4. The summed E-state index contributed by atoms with van der Waals surface area (Å²) in [5.41, 5.74) is 1.35. The molecule has 1 aliphatic rings. The number of hydrogen-bond acceptors (Lipinski definition) is 2. The fourth-order valence-electron chi connectivity index (χ4n) is 3.16. The molecule has 0 saturated heterocycles. The smallest absolute Gasteiger partial charge is 0.416 e. The summed E-state index contributed by atoms with van der Waals surface area (Å²) in [5.74, 6) is 0.391. The van der Waals surface area contributed by atoms with E-state index in [2.05, 4.69) is 0 Å². The van der Waals surface area contributed by atoms with Gasteiger partial charge in [0.15, 0.2) is 0 Å². The molecule has 0 saturated carbocycles. The van der Waals surface area contributed by atoms with Gasteiger partial charge in [-0.1, -0.05) is 31.2 Å². The lowest BCUT2D eigenvalue weighted by atomic mass is 10.0. The van der Waals surface area contributed by atoms with E-state index in [9.17, 15) is 18.0 Å². The van der Waals surface area contributed by atoms with Crippen molar-refractivity contribution in [2.75, 3.05) is 13.1 Å². The third-order valence-corrected chi connectivity index (χ3v) is 4.55. The van der Waals surface area contributed by atoms with Crippen LogP contribution in [0.3, 0.4) is 0 Å². The molecule has 2 aromatic carbocycles. The van der Waals surface area contributed by atoms with Gasteiger partial charge in [0.1, 0.15) is 11.9 Å². The zero-order valence-electron chi connectivity index (χ0n) is 14.4. The van der Waals surface area contributed by atoms with Crippen LogP contribution in [0.5, 0.6) is 5.75 Å². The number of hydrogen-bond donors (Lipinski definition) is 0. The molecule has 0 fully saturated rings. The minimum atomic E-state index is -4.38. The van der Waals surface area contributed by atoms with Gasteiger partial charge in [-0.05, 0) is 41.8 Å². The molecule has 6 heteroatoms. The first kappa shape index (κ1) is 18.3. The van der Waals surface area contributed by atoms with E-state index in [1.54, 1.807) is 4.90 Å². The summed E-state index contributed by atoms with van der Waals surface area (Å²) in [7, 11) is 0. The Kier molecular flexibility index (Phi) is 5.20. The standard InChI is InChI=1S/C20H20F3NO2/c1-2-19(25)24-12-11-14-5-3-4-6-17(14)18(13-24)26-16-9-7-15(8-10-16)20(21,22)23/h3-10,18H,2,11-13H2,1H3. The lowest BCUT2D eigenvalue weighted by Crippen LogP contribution is -2.35. The zero-order valence-corrected chi connectivity index (χ0v) is 14.4. The monoisotopic (exact) mass is 363 g/mol. The second-order valence-electron chi connectivity index (χ2n) is 6.27. The highest BCUT2D eigenvalue weighted by atomic mass is 19.4. The third-order valence-electron chi connectivity index (χ3n) is 4.55. The number of alkyl halides is 3. The molecule has 0 N–H and O–H groups in total. The molecule has 26 heavy (non-hydrogen) atoms. The molecule has 1 aliphatic heterocycles. The first-order valence-electron chi connectivity index (χ1n) is 8.58. The highest BCUT2D eigenvalue weighted by Gasteiger charge is 2.30. The van der Waals surface area contributed by atoms with E-state index in [1.165, 1.54) is 12.1 Å². The topological polar surface area (TPSA) is 29.5 Å². The van der Waals surface area contributed by atoms with Gasteiger partial charge < -0.3 is 9.64 Å². The predicted molar refractivity (Wildman–Crippen MR) is 91.8 cm³/mol. The molecule has 1 heterocycles. The zero-order chi connectivity index (χ0) is 18.7. The molecule has 2 aromatic rings. The number of carbonyl (C=O) groups is 1. The Morgan fingerprint density at radius 3 is 2.50 bits per heavy atom. The van der Waals surface area contributed by atoms with Gasteiger partial charge in [-0.15, -0.1) is 0 Å². The average molecular weight is 363 g/mol. The predicted octanol–water partition coefficient (Wildman–Crippen LogP) is 4.62. The van der Waals surface area contributed by atoms with Crippen molar-refractivity contribution in [2.45, 2.75) is 32.0 Å². The maximum atomic E-state index is 12.7. The van der Waals surface area contributed by atoms with Crippen molar-refractivity contribution in [1.82, 2.24) is 4.90 Å². The quantitative estimate of drug-likeness (QED) is 0.796. The normalized spacial score (nSPS) is 17.4. The molecule has 1 atom stereocenters. The Labute approximate surface area is 150 Å². The minimum Gasteiger partial charge on any atom is -0.484 e. The number of fused-ring (bicyclic) bond motifs is 1. The molecule has 0 spiro atoms. The summed E-state index contributed by atoms with van der Waals surface area (Å²) < 4.78 is 44.2. The molecule has 0 aromatic heterocycles. The Morgan fingerprint density at radius 2 is 1.85 bits per heavy atom. The summed E-state index contributed by atoms with van der Waals surface area (Å²) in [5, 5.41) is 0. The summed E-state index contributed by atoms with van der Waals surface area (Å²) in [6.07, 6.45) is -3.66. The largest absolute Gasteiger partial charge is 0.484 e. The number of amides is 1. The van der Waals surface area contributed by atoms with E-state index in [4.69, 9.17) is 4.74 Å². The van der Waals surface area contributed by atoms with Crippen molar-refractivity contribution in [3.05, 3.63) is 65.2 Å². The van der Waals surface area contributed by atoms with Crippen LogP contribution in [0, 0.1) is 0 Å². The van der Waals surface area contributed by atoms with Crippen molar-refractivity contribution in [3.63, 3.8) is 0 Å². The Balaban J connectivity index is 1.86. The number of carbonyl (C=O) groups excluding carboxylic acids is 1. The second kappa shape index (κ2) is 7.40. The van der Waals surface area contributed by atoms with Gasteiger partial charge in [0, 0.05) is 13.0 Å². The highest BCUT2D eigenvalue weighted by molar-refractivity contribution is 5.76. The molecule has 0 radical (unpaired) electrons. The van der Waals surface area contributed by atoms with Crippen molar-refractivity contribution in [2.24, 2.45) is 0 Å². The number of nitrogens with zero attached hydrogens (tertiary/aromatic N) is 1. The summed E-state index contributed by atoms with van der Waals surface area (Å²) in [6, 6.07) is 12.4. The number of rotatable bonds is 3. The molecule has 0 aliphatic carbocycles. The van der Waals surface area contributed by atoms with Crippen LogP contribution in [-0.4, -0.2) is 23.9 Å². The maximum Gasteiger partial charge on any atom is 0.416 e. The number of halogens is 3. The highest BCUT2D eigenvalue weighted by Crippen LogP contribution is 2.32. The van der Waals surface area contributed by atoms with Crippen LogP contribution < -0.4 is 4.74 Å². The third kappa shape index (κ3) is 4.00. The van der Waals surface area contributed by atoms with E-state index < -0.39 is 17.8 Å². The van der Waals surface area contributed by atoms with Crippen LogP contribution in [0.4, 0.5) is 13.2 Å². The summed E-state index contributed by atoms with van der Waals surface area (Å²) in [4.78, 5) is 13.9. The van der Waals surface area contributed by atoms with Gasteiger partial charge in [-0.2, -0.15) is 13.2 Å². The first-order valence-corrected chi connectivity index (χ1v) is 8.58. The van der Waals surface area contributed by atoms with Gasteiger partial charge in [-0.25, -0.2) is 0 Å². The van der Waals surface area contributed by atoms with Crippen LogP contribution >= 0.6 is 0 Å². The molecule has 3 nitrogen and oxygen atoms in total. The van der Waals surface area contributed by atoms with E-state index in [1.807, 2.05) is 31.2 Å². The number of benzene rings is 2. The molecular weight excluding hydrogens is 343 g/mol. The minimum absolute atomic E-state index is 0.0406.